The number of aromatic hydroxyl groups is 3. The molecule has 5 aromatic carbocycles. The van der Waals surface area contributed by atoms with E-state index in [0.29, 0.717) is 45.9 Å². The van der Waals surface area contributed by atoms with Crippen molar-refractivity contribution >= 4 is 50.1 Å². The van der Waals surface area contributed by atoms with Crippen LogP contribution in [0.25, 0.3) is 89.7 Å². The van der Waals surface area contributed by atoms with E-state index in [1.54, 1.807) is 0 Å². The number of fused-ring (bicyclic) bond motifs is 20. The molecule has 8 bridgehead atoms. The molecule has 14 heteroatoms. The maximum Gasteiger partial charge on any atom is 2.00 e. The zero-order valence-electron chi connectivity index (χ0n) is 27.2. The maximum absolute atomic E-state index is 10.3. The van der Waals surface area contributed by atoms with Crippen LogP contribution in [-0.2, 0) is 21.7 Å². The Balaban J connectivity index is 0.000000266. The number of phenolic OH excluding ortho intramolecular Hbond substituents is 3. The summed E-state index contributed by atoms with van der Waals surface area (Å²) in [6.45, 7) is 0. The molecule has 0 spiro atoms. The van der Waals surface area contributed by atoms with Crippen molar-refractivity contribution in [2.45, 2.75) is 0 Å². The number of hydrogen-bond acceptors (Lipinski definition) is 10. The summed E-state index contributed by atoms with van der Waals surface area (Å²) >= 11 is 0. The second-order valence-corrected chi connectivity index (χ2v) is 11.8. The Hall–Kier alpha value is -6.96. The summed E-state index contributed by atoms with van der Waals surface area (Å²) < 4.78 is 0. The number of aromatic nitrogens is 8. The van der Waals surface area contributed by atoms with Crippen LogP contribution in [0.15, 0.2) is 109 Å². The summed E-state index contributed by atoms with van der Waals surface area (Å²) in [6, 6.07) is 33.5. The van der Waals surface area contributed by atoms with E-state index in [1.807, 2.05) is 97.1 Å². The zero-order valence-corrected chi connectivity index (χ0v) is 28.7. The van der Waals surface area contributed by atoms with Gasteiger partial charge in [-0.15, -0.1) is 0 Å². The second kappa shape index (κ2) is 13.0. The van der Waals surface area contributed by atoms with Crippen molar-refractivity contribution in [3.05, 3.63) is 115 Å². The summed E-state index contributed by atoms with van der Waals surface area (Å²) in [5, 5.41) is 38.5. The molecule has 4 N–H and O–H groups in total. The largest absolute Gasteiger partial charge is 2.00 e. The first kappa shape index (κ1) is 33.2. The fourth-order valence-electron chi connectivity index (χ4n) is 6.19. The Kier molecular flexibility index (Phi) is 8.13. The van der Waals surface area contributed by atoms with Gasteiger partial charge in [-0.05, 0) is 33.7 Å². The van der Waals surface area contributed by atoms with Crippen LogP contribution in [0.2, 0.25) is 0 Å². The molecule has 0 radical (unpaired) electrons. The van der Waals surface area contributed by atoms with Gasteiger partial charge in [0.2, 0.25) is 0 Å². The van der Waals surface area contributed by atoms with E-state index in [-0.39, 0.29) is 27.3 Å². The minimum atomic E-state index is -1.29. The van der Waals surface area contributed by atoms with Gasteiger partial charge in [0.1, 0.15) is 0 Å². The van der Waals surface area contributed by atoms with Gasteiger partial charge in [-0.2, -0.15) is 0 Å². The number of aromatic carboxylic acids is 1. The number of phenols is 3. The monoisotopic (exact) mass is 730 g/mol. The second-order valence-electron chi connectivity index (χ2n) is 11.8. The van der Waals surface area contributed by atoms with E-state index in [9.17, 15) is 4.79 Å². The number of hydrogen-bond donors (Lipinski definition) is 4. The van der Waals surface area contributed by atoms with Crippen LogP contribution in [0, 0.1) is 0 Å². The normalized spacial score (nSPS) is 11.2. The molecule has 252 valence electrons. The number of carboxylic acid groups (broad SMARTS) is 1. The molecule has 0 aliphatic carbocycles. The van der Waals surface area contributed by atoms with Gasteiger partial charge in [-0.1, -0.05) is 97.1 Å². The first-order valence-corrected chi connectivity index (χ1v) is 15.9. The fraction of sp³-hybridized carbons (Fsp3) is 0. The van der Waals surface area contributed by atoms with E-state index in [0.717, 1.165) is 55.9 Å². The Morgan fingerprint density at radius 3 is 1.02 bits per heavy atom. The van der Waals surface area contributed by atoms with Crippen LogP contribution in [0.5, 0.6) is 17.2 Å². The standard InChI is InChI=1S/C32H16N8.C7H6O5.Ti/c1-2-10-18-17(9-1)25-33-26(18)38-28-21-13-5-6-14-22(21)30(35-28)40-32-24-16-8-7-15-23(24)31(36-32)39-29-20-12-4-3-11-19(20)27(34-29)37-25;8-4-1-3(7(11)12)2-5(9)6(4)10;/h1-16H;1-2,8-10H,(H,11,12);/q-2;;+2. The predicted octanol–water partition coefficient (Wildman–Crippen LogP) is 6.63. The molecule has 5 heterocycles. The molecule has 53 heavy (non-hydrogen) atoms. The molecular formula is C39H22N8O5Ti. The third kappa shape index (κ3) is 5.70. The third-order valence-corrected chi connectivity index (χ3v) is 8.65. The van der Waals surface area contributed by atoms with E-state index >= 15 is 0 Å². The molecule has 0 saturated heterocycles. The molecule has 0 saturated carbocycles. The smallest absolute Gasteiger partial charge is 0.504 e. The number of carbonyl (C=O) groups is 1. The molecule has 2 aliphatic rings. The third-order valence-electron chi connectivity index (χ3n) is 8.65. The summed E-state index contributed by atoms with van der Waals surface area (Å²) in [5.41, 5.74) is 5.49. The van der Waals surface area contributed by atoms with Crippen LogP contribution in [0.1, 0.15) is 10.4 Å². The number of carboxylic acids is 1. The molecule has 2 aliphatic heterocycles. The van der Waals surface area contributed by atoms with Crippen molar-refractivity contribution in [3.8, 4) is 62.8 Å². The van der Waals surface area contributed by atoms with Crippen molar-refractivity contribution in [2.75, 3.05) is 0 Å². The van der Waals surface area contributed by atoms with E-state index < -0.39 is 23.2 Å². The molecular weight excluding hydrogens is 708 g/mol. The van der Waals surface area contributed by atoms with E-state index in [1.165, 1.54) is 0 Å². The van der Waals surface area contributed by atoms with Crippen LogP contribution >= 0.6 is 0 Å². The summed E-state index contributed by atoms with van der Waals surface area (Å²) in [7, 11) is 0. The molecule has 0 fully saturated rings. The molecule has 0 amide bonds. The SMILES string of the molecule is O=C(O)c1cc(O)c(O)c(O)c1.[Ti+2].c1ccc2c(c1)-c1nc-2nc2[n-]c(nc3nc(nc4[n-]c(n1)c1ccccc41)-c1ccccc1-3)c1ccccc21. The topological polar surface area (TPSA) is 204 Å². The summed E-state index contributed by atoms with van der Waals surface area (Å²) in [4.78, 5) is 49.6. The van der Waals surface area contributed by atoms with Crippen molar-refractivity contribution in [2.24, 2.45) is 0 Å². The summed E-state index contributed by atoms with van der Waals surface area (Å²) in [5.74, 6) is -1.12. The quantitative estimate of drug-likeness (QED) is 0.104. The zero-order chi connectivity index (χ0) is 35.5. The van der Waals surface area contributed by atoms with E-state index in [4.69, 9.17) is 60.3 Å². The van der Waals surface area contributed by atoms with E-state index in [2.05, 4.69) is 0 Å². The van der Waals surface area contributed by atoms with Gasteiger partial charge >= 0.3 is 27.7 Å². The molecule has 10 rings (SSSR count). The van der Waals surface area contributed by atoms with Crippen molar-refractivity contribution < 1.29 is 46.9 Å². The predicted molar refractivity (Wildman–Crippen MR) is 192 cm³/mol. The molecule has 13 nitrogen and oxygen atoms in total. The van der Waals surface area contributed by atoms with Gasteiger partial charge < -0.3 is 50.3 Å². The van der Waals surface area contributed by atoms with Gasteiger partial charge in [0.15, 0.2) is 17.2 Å². The van der Waals surface area contributed by atoms with Crippen molar-refractivity contribution in [1.29, 1.82) is 0 Å². The first-order chi connectivity index (χ1) is 25.3. The average Bonchev–Trinajstić information content (AvgIpc) is 3.90. The van der Waals surface area contributed by atoms with Gasteiger partial charge in [-0.25, -0.2) is 14.8 Å². The van der Waals surface area contributed by atoms with Gasteiger partial charge in [0, 0.05) is 44.8 Å². The van der Waals surface area contributed by atoms with Gasteiger partial charge in [0.05, 0.1) is 28.9 Å². The Morgan fingerprint density at radius 1 is 0.453 bits per heavy atom. The van der Waals surface area contributed by atoms with Crippen molar-refractivity contribution in [1.82, 2.24) is 39.9 Å². The van der Waals surface area contributed by atoms with Crippen LogP contribution in [0.4, 0.5) is 0 Å². The maximum atomic E-state index is 10.3. The molecule has 0 atom stereocenters. The Bertz CT molecular complexity index is 2620. The number of rotatable bonds is 1. The number of nitrogens with zero attached hydrogens (tertiary/aromatic N) is 8. The average molecular weight is 731 g/mol. The summed E-state index contributed by atoms with van der Waals surface area (Å²) in [6.07, 6.45) is 0. The van der Waals surface area contributed by atoms with Crippen LogP contribution in [0.3, 0.4) is 0 Å². The molecule has 0 unspecified atom stereocenters. The Labute approximate surface area is 313 Å². The van der Waals surface area contributed by atoms with Crippen LogP contribution in [-0.4, -0.2) is 56.3 Å². The van der Waals surface area contributed by atoms with Gasteiger partial charge in [-0.3, -0.25) is 0 Å². The molecule has 8 aromatic rings. The number of benzene rings is 5. The van der Waals surface area contributed by atoms with Crippen molar-refractivity contribution in [3.63, 3.8) is 0 Å². The molecule has 3 aromatic heterocycles. The van der Waals surface area contributed by atoms with Gasteiger partial charge in [0.25, 0.3) is 0 Å². The van der Waals surface area contributed by atoms with Crippen LogP contribution < -0.4 is 9.97 Å². The Morgan fingerprint density at radius 2 is 0.736 bits per heavy atom. The first-order valence-electron chi connectivity index (χ1n) is 15.9. The minimum Gasteiger partial charge on any atom is -0.504 e. The fourth-order valence-corrected chi connectivity index (χ4v) is 6.19. The minimum absolute atomic E-state index is 0.